The Morgan fingerprint density at radius 3 is 2.64 bits per heavy atom. The van der Waals surface area contributed by atoms with Gasteiger partial charge in [0.1, 0.15) is 11.7 Å². The second-order valence-electron chi connectivity index (χ2n) is 6.24. The van der Waals surface area contributed by atoms with E-state index >= 15 is 0 Å². The number of aromatic nitrogens is 2. The zero-order valence-electron chi connectivity index (χ0n) is 15.7. The summed E-state index contributed by atoms with van der Waals surface area (Å²) in [5, 5.41) is 2.79. The molecule has 8 heteroatoms. The van der Waals surface area contributed by atoms with E-state index in [0.29, 0.717) is 12.2 Å². The number of methoxy groups -OCH3 is 1. The van der Waals surface area contributed by atoms with Crippen LogP contribution in [0.1, 0.15) is 18.2 Å². The second kappa shape index (κ2) is 8.51. The van der Waals surface area contributed by atoms with Crippen LogP contribution in [0.15, 0.2) is 52.4 Å². The highest BCUT2D eigenvalue weighted by Crippen LogP contribution is 2.20. The van der Waals surface area contributed by atoms with E-state index in [-0.39, 0.29) is 24.5 Å². The van der Waals surface area contributed by atoms with Gasteiger partial charge in [-0.25, -0.2) is 9.78 Å². The lowest BCUT2D eigenvalue weighted by Gasteiger charge is -2.19. The van der Waals surface area contributed by atoms with E-state index in [1.807, 2.05) is 41.1 Å². The smallest absolute Gasteiger partial charge is 0.328 e. The molecule has 2 aromatic carbocycles. The predicted molar refractivity (Wildman–Crippen MR) is 103 cm³/mol. The lowest BCUT2D eigenvalue weighted by atomic mass is 10.1. The van der Waals surface area contributed by atoms with Crippen LogP contribution in [0.4, 0.5) is 5.69 Å². The average Bonchev–Trinajstić information content (AvgIpc) is 3.16. The zero-order valence-corrected chi connectivity index (χ0v) is 15.7. The summed E-state index contributed by atoms with van der Waals surface area (Å²) >= 11 is 0. The Morgan fingerprint density at radius 1 is 1.21 bits per heavy atom. The van der Waals surface area contributed by atoms with Gasteiger partial charge in [0, 0.05) is 19.2 Å². The minimum atomic E-state index is -0.868. The van der Waals surface area contributed by atoms with Crippen molar-refractivity contribution in [2.24, 2.45) is 0 Å². The third kappa shape index (κ3) is 4.11. The lowest BCUT2D eigenvalue weighted by molar-refractivity contribution is -0.141. The molecule has 0 fully saturated rings. The van der Waals surface area contributed by atoms with E-state index < -0.39 is 22.9 Å². The van der Waals surface area contributed by atoms with Gasteiger partial charge >= 0.3 is 5.97 Å². The standard InChI is InChI=1S/C20H21N3O5/c1-3-28-19-16(17(24)18(19)25)22-15(20(26)27-2)9-14-11-23(12-21-14)10-13-7-5-4-6-8-13/h4-8,11-12,15,22H,3,9-10H2,1-2H3/t15-/m0/s1. The zero-order chi connectivity index (χ0) is 20.1. The molecule has 0 spiro atoms. The van der Waals surface area contributed by atoms with Gasteiger partial charge in [-0.2, -0.15) is 0 Å². The molecular weight excluding hydrogens is 362 g/mol. The van der Waals surface area contributed by atoms with Crippen molar-refractivity contribution in [1.29, 1.82) is 0 Å². The summed E-state index contributed by atoms with van der Waals surface area (Å²) in [7, 11) is 1.26. The van der Waals surface area contributed by atoms with Gasteiger partial charge in [-0.3, -0.25) is 9.59 Å². The molecule has 1 aromatic heterocycles. The highest BCUT2D eigenvalue weighted by molar-refractivity contribution is 5.81. The minimum absolute atomic E-state index is 0.00553. The van der Waals surface area contributed by atoms with Gasteiger partial charge in [0.05, 0.1) is 25.7 Å². The molecule has 8 nitrogen and oxygen atoms in total. The number of anilines is 1. The molecule has 0 amide bonds. The van der Waals surface area contributed by atoms with Crippen LogP contribution in [-0.2, 0) is 22.5 Å². The van der Waals surface area contributed by atoms with Crippen molar-refractivity contribution in [3.63, 3.8) is 0 Å². The molecule has 0 aliphatic heterocycles. The Kier molecular flexibility index (Phi) is 5.88. The number of ether oxygens (including phenoxy) is 2. The van der Waals surface area contributed by atoms with Crippen LogP contribution in [0.5, 0.6) is 5.75 Å². The number of carbonyl (C=O) groups is 1. The number of hydrogen-bond donors (Lipinski definition) is 1. The van der Waals surface area contributed by atoms with Crippen molar-refractivity contribution in [3.8, 4) is 5.75 Å². The number of nitrogens with one attached hydrogen (secondary N) is 1. The Hall–Kier alpha value is -3.42. The third-order valence-electron chi connectivity index (χ3n) is 4.27. The van der Waals surface area contributed by atoms with Gasteiger partial charge < -0.3 is 19.4 Å². The first-order valence-corrected chi connectivity index (χ1v) is 8.88. The summed E-state index contributed by atoms with van der Waals surface area (Å²) in [6.07, 6.45) is 3.70. The van der Waals surface area contributed by atoms with E-state index in [0.717, 1.165) is 5.56 Å². The Morgan fingerprint density at radius 2 is 1.96 bits per heavy atom. The first-order chi connectivity index (χ1) is 13.5. The van der Waals surface area contributed by atoms with Crippen molar-refractivity contribution in [2.75, 3.05) is 19.0 Å². The quantitative estimate of drug-likeness (QED) is 0.437. The Bertz CT molecular complexity index is 1020. The highest BCUT2D eigenvalue weighted by Gasteiger charge is 2.28. The van der Waals surface area contributed by atoms with Gasteiger partial charge in [0.25, 0.3) is 10.9 Å². The van der Waals surface area contributed by atoms with Gasteiger partial charge in [0.2, 0.25) is 0 Å². The molecule has 3 aromatic rings. The van der Waals surface area contributed by atoms with Crippen molar-refractivity contribution in [2.45, 2.75) is 25.9 Å². The Balaban J connectivity index is 1.73. The Labute approximate surface area is 161 Å². The fraction of sp³-hybridized carbons (Fsp3) is 0.300. The van der Waals surface area contributed by atoms with Gasteiger partial charge in [-0.1, -0.05) is 30.3 Å². The summed E-state index contributed by atoms with van der Waals surface area (Å²) in [6, 6.07) is 9.04. The van der Waals surface area contributed by atoms with E-state index in [4.69, 9.17) is 9.47 Å². The number of nitrogens with zero attached hydrogens (tertiary/aromatic N) is 2. The van der Waals surface area contributed by atoms with Crippen molar-refractivity contribution >= 4 is 11.7 Å². The molecule has 0 bridgehead atoms. The van der Waals surface area contributed by atoms with Gasteiger partial charge in [-0.05, 0) is 12.5 Å². The van der Waals surface area contributed by atoms with Gasteiger partial charge in [0.15, 0.2) is 5.75 Å². The van der Waals surface area contributed by atoms with Crippen LogP contribution < -0.4 is 20.9 Å². The predicted octanol–water partition coefficient (Wildman–Crippen LogP) is 1.12. The summed E-state index contributed by atoms with van der Waals surface area (Å²) in [5.74, 6) is -0.607. The first-order valence-electron chi connectivity index (χ1n) is 8.88. The number of rotatable bonds is 9. The molecule has 0 saturated carbocycles. The fourth-order valence-electron chi connectivity index (χ4n) is 2.90. The highest BCUT2D eigenvalue weighted by atomic mass is 16.5. The number of imidazole rings is 1. The van der Waals surface area contributed by atoms with Crippen LogP contribution in [-0.4, -0.2) is 35.3 Å². The summed E-state index contributed by atoms with van der Waals surface area (Å²) in [4.78, 5) is 39.9. The fourth-order valence-corrected chi connectivity index (χ4v) is 2.90. The molecule has 0 aliphatic rings. The molecule has 1 N–H and O–H groups in total. The minimum Gasteiger partial charge on any atom is -0.488 e. The van der Waals surface area contributed by atoms with Crippen molar-refractivity contribution in [3.05, 3.63) is 74.6 Å². The van der Waals surface area contributed by atoms with Gasteiger partial charge in [-0.15, -0.1) is 0 Å². The molecule has 3 rings (SSSR count). The normalized spacial score (nSPS) is 11.9. The molecule has 28 heavy (non-hydrogen) atoms. The third-order valence-corrected chi connectivity index (χ3v) is 4.27. The van der Waals surface area contributed by atoms with E-state index in [2.05, 4.69) is 10.3 Å². The summed E-state index contributed by atoms with van der Waals surface area (Å²) in [6.45, 7) is 2.60. The second-order valence-corrected chi connectivity index (χ2v) is 6.24. The molecule has 0 unspecified atom stereocenters. The number of carbonyl (C=O) groups excluding carboxylic acids is 1. The average molecular weight is 383 g/mol. The van der Waals surface area contributed by atoms with Crippen LogP contribution >= 0.6 is 0 Å². The van der Waals surface area contributed by atoms with E-state index in [9.17, 15) is 14.4 Å². The summed E-state index contributed by atoms with van der Waals surface area (Å²) < 4.78 is 11.9. The molecule has 1 atom stereocenters. The molecule has 0 radical (unpaired) electrons. The monoisotopic (exact) mass is 383 g/mol. The maximum Gasteiger partial charge on any atom is 0.328 e. The van der Waals surface area contributed by atoms with Crippen molar-refractivity contribution < 1.29 is 14.3 Å². The van der Waals surface area contributed by atoms with Crippen LogP contribution in [0, 0.1) is 0 Å². The van der Waals surface area contributed by atoms with Crippen LogP contribution in [0.3, 0.4) is 0 Å². The largest absolute Gasteiger partial charge is 0.488 e. The lowest BCUT2D eigenvalue weighted by Crippen LogP contribution is -2.42. The topological polar surface area (TPSA) is 99.5 Å². The van der Waals surface area contributed by atoms with E-state index in [1.54, 1.807) is 13.3 Å². The molecule has 146 valence electrons. The van der Waals surface area contributed by atoms with E-state index in [1.165, 1.54) is 7.11 Å². The molecule has 1 heterocycles. The summed E-state index contributed by atoms with van der Waals surface area (Å²) in [5.41, 5.74) is 0.382. The van der Waals surface area contributed by atoms with Crippen molar-refractivity contribution in [1.82, 2.24) is 9.55 Å². The molecular formula is C20H21N3O5. The first kappa shape index (κ1) is 19.3. The molecule has 0 aliphatic carbocycles. The number of hydrogen-bond acceptors (Lipinski definition) is 7. The maximum absolute atomic E-state index is 12.2. The van der Waals surface area contributed by atoms with Crippen LogP contribution in [0.25, 0.3) is 0 Å². The van der Waals surface area contributed by atoms with Crippen LogP contribution in [0.2, 0.25) is 0 Å². The number of benzene rings is 1. The SMILES string of the molecule is CCOc1c(N[C@@H](Cc2cn(Cc3ccccc3)cn2)C(=O)OC)c(=O)c1=O. The molecule has 0 saturated heterocycles. The maximum atomic E-state index is 12.2. The number of esters is 1.